The number of hydrogen-bond donors (Lipinski definition) is 0. The zero-order valence-electron chi connectivity index (χ0n) is 16.1. The number of benzene rings is 1. The van der Waals surface area contributed by atoms with Gasteiger partial charge >= 0.3 is 11.9 Å². The van der Waals surface area contributed by atoms with Crippen molar-refractivity contribution in [3.8, 4) is 0 Å². The van der Waals surface area contributed by atoms with Crippen molar-refractivity contribution in [3.63, 3.8) is 0 Å². The molecule has 5 nitrogen and oxygen atoms in total. The van der Waals surface area contributed by atoms with Crippen LogP contribution in [-0.4, -0.2) is 31.9 Å². The van der Waals surface area contributed by atoms with Crippen LogP contribution in [-0.2, 0) is 22.3 Å². The van der Waals surface area contributed by atoms with E-state index < -0.39 is 11.9 Å². The van der Waals surface area contributed by atoms with E-state index in [2.05, 4.69) is 12.2 Å². The molecule has 1 aliphatic rings. The van der Waals surface area contributed by atoms with E-state index >= 15 is 0 Å². The van der Waals surface area contributed by atoms with Crippen LogP contribution >= 0.6 is 0 Å². The van der Waals surface area contributed by atoms with Gasteiger partial charge in [-0.25, -0.2) is 9.59 Å². The number of esters is 2. The van der Waals surface area contributed by atoms with Crippen LogP contribution in [0.2, 0.25) is 0 Å². The van der Waals surface area contributed by atoms with Gasteiger partial charge in [0.15, 0.2) is 5.78 Å². The molecule has 1 aromatic rings. The summed E-state index contributed by atoms with van der Waals surface area (Å²) in [6, 6.07) is 0. The summed E-state index contributed by atoms with van der Waals surface area (Å²) in [4.78, 5) is 38.1. The van der Waals surface area contributed by atoms with E-state index in [9.17, 15) is 14.4 Å². The number of ketones is 1. The van der Waals surface area contributed by atoms with Crippen molar-refractivity contribution in [2.75, 3.05) is 14.2 Å². The number of carbonyl (C=O) groups excluding carboxylic acids is 3. The van der Waals surface area contributed by atoms with Gasteiger partial charge in [0.2, 0.25) is 0 Å². The van der Waals surface area contributed by atoms with Crippen LogP contribution in [0.1, 0.15) is 74.5 Å². The first kappa shape index (κ1) is 19.9. The highest BCUT2D eigenvalue weighted by Crippen LogP contribution is 2.34. The fraction of sp³-hybridized carbons (Fsp3) is 0.476. The third-order valence-corrected chi connectivity index (χ3v) is 4.81. The maximum atomic E-state index is 12.9. The number of Topliss-reactive ketones (excluding diaryl/α,β-unsaturated/α-hetero) is 1. The Balaban J connectivity index is 2.95. The van der Waals surface area contributed by atoms with Crippen molar-refractivity contribution in [2.24, 2.45) is 5.92 Å². The van der Waals surface area contributed by atoms with Crippen LogP contribution in [0.5, 0.6) is 0 Å². The fourth-order valence-corrected chi connectivity index (χ4v) is 3.54. The van der Waals surface area contributed by atoms with Crippen LogP contribution < -0.4 is 0 Å². The molecular weight excluding hydrogens is 332 g/mol. The average molecular weight is 358 g/mol. The van der Waals surface area contributed by atoms with Gasteiger partial charge in [-0.3, -0.25) is 4.79 Å². The first-order chi connectivity index (χ1) is 12.3. The van der Waals surface area contributed by atoms with Gasteiger partial charge in [-0.05, 0) is 49.3 Å². The topological polar surface area (TPSA) is 69.7 Å². The molecule has 0 amide bonds. The minimum Gasteiger partial charge on any atom is -0.465 e. The van der Waals surface area contributed by atoms with Gasteiger partial charge in [-0.15, -0.1) is 0 Å². The lowest BCUT2D eigenvalue weighted by molar-refractivity contribution is 0.0581. The molecule has 0 heterocycles. The molecule has 0 fully saturated rings. The third kappa shape index (κ3) is 3.57. The minimum absolute atomic E-state index is 0.173. The van der Waals surface area contributed by atoms with E-state index in [1.807, 2.05) is 0 Å². The summed E-state index contributed by atoms with van der Waals surface area (Å²) in [7, 11) is 2.64. The summed E-state index contributed by atoms with van der Waals surface area (Å²) in [5.74, 6) is -1.49. The van der Waals surface area contributed by atoms with E-state index in [1.165, 1.54) is 14.2 Å². The Bertz CT molecular complexity index is 771. The Kier molecular flexibility index (Phi) is 6.35. The predicted molar refractivity (Wildman–Crippen MR) is 98.8 cm³/mol. The molecule has 5 heteroatoms. The van der Waals surface area contributed by atoms with Crippen LogP contribution in [0, 0.1) is 12.8 Å². The Morgan fingerprint density at radius 3 is 1.77 bits per heavy atom. The molecule has 0 saturated carbocycles. The van der Waals surface area contributed by atoms with Gasteiger partial charge in [0.25, 0.3) is 0 Å². The molecule has 26 heavy (non-hydrogen) atoms. The van der Waals surface area contributed by atoms with E-state index in [1.54, 1.807) is 20.8 Å². The summed E-state index contributed by atoms with van der Waals surface area (Å²) in [5, 5.41) is 0. The molecule has 1 aromatic carbocycles. The minimum atomic E-state index is -0.533. The first-order valence-corrected chi connectivity index (χ1v) is 8.89. The second kappa shape index (κ2) is 8.30. The largest absolute Gasteiger partial charge is 0.465 e. The fourth-order valence-electron chi connectivity index (χ4n) is 3.54. The van der Waals surface area contributed by atoms with Crippen LogP contribution in [0.15, 0.2) is 12.2 Å². The maximum absolute atomic E-state index is 12.9. The highest BCUT2D eigenvalue weighted by Gasteiger charge is 2.32. The lowest BCUT2D eigenvalue weighted by Crippen LogP contribution is -2.24. The molecule has 0 aliphatic heterocycles. The highest BCUT2D eigenvalue weighted by atomic mass is 16.5. The Morgan fingerprint density at radius 2 is 1.31 bits per heavy atom. The van der Waals surface area contributed by atoms with Crippen LogP contribution in [0.25, 0.3) is 0 Å². The quantitative estimate of drug-likeness (QED) is 0.465. The van der Waals surface area contributed by atoms with E-state index in [0.717, 1.165) is 24.0 Å². The Hall–Kier alpha value is -2.43. The van der Waals surface area contributed by atoms with Crippen molar-refractivity contribution in [1.29, 1.82) is 0 Å². The summed E-state index contributed by atoms with van der Waals surface area (Å²) >= 11 is 0. The first-order valence-electron chi connectivity index (χ1n) is 8.89. The molecule has 0 bridgehead atoms. The van der Waals surface area contributed by atoms with E-state index in [-0.39, 0.29) is 17.3 Å². The number of methoxy groups -OCH3 is 2. The number of ether oxygens (including phenoxy) is 2. The number of carbonyl (C=O) groups is 3. The lowest BCUT2D eigenvalue weighted by atomic mass is 9.80. The Morgan fingerprint density at radius 1 is 0.846 bits per heavy atom. The predicted octanol–water partition coefficient (Wildman–Crippen LogP) is 3.84. The zero-order valence-corrected chi connectivity index (χ0v) is 16.1. The molecule has 0 saturated heterocycles. The molecular formula is C21H26O5. The van der Waals surface area contributed by atoms with Crippen molar-refractivity contribution >= 4 is 17.7 Å². The molecule has 0 spiro atoms. The van der Waals surface area contributed by atoms with Gasteiger partial charge in [0.05, 0.1) is 25.3 Å². The third-order valence-electron chi connectivity index (χ3n) is 4.81. The number of allylic oxidation sites excluding steroid dienone is 2. The van der Waals surface area contributed by atoms with Crippen molar-refractivity contribution in [2.45, 2.75) is 46.5 Å². The van der Waals surface area contributed by atoms with Gasteiger partial charge < -0.3 is 9.47 Å². The summed E-state index contributed by atoms with van der Waals surface area (Å²) < 4.78 is 9.99. The monoisotopic (exact) mass is 358 g/mol. The van der Waals surface area contributed by atoms with Gasteiger partial charge in [-0.2, -0.15) is 0 Å². The smallest absolute Gasteiger partial charge is 0.338 e. The average Bonchev–Trinajstić information content (AvgIpc) is 2.60. The zero-order chi connectivity index (χ0) is 19.4. The van der Waals surface area contributed by atoms with E-state index in [0.29, 0.717) is 29.5 Å². The standard InChI is InChI=1S/C21H26O5/c1-12(2)19(22)17-13(3)16(20(23)25-4)14-10-8-6-7-9-11-15(14)18(17)21(24)26-5/h6-7,12H,8-11H2,1-5H3/b7-6+. The van der Waals surface area contributed by atoms with Gasteiger partial charge in [-0.1, -0.05) is 26.0 Å². The van der Waals surface area contributed by atoms with Gasteiger partial charge in [0.1, 0.15) is 0 Å². The van der Waals surface area contributed by atoms with Crippen LogP contribution in [0.4, 0.5) is 0 Å². The number of hydrogen-bond acceptors (Lipinski definition) is 5. The Labute approximate surface area is 154 Å². The second-order valence-electron chi connectivity index (χ2n) is 6.76. The maximum Gasteiger partial charge on any atom is 0.338 e. The SMILES string of the molecule is COC(=O)c1c(C)c(C(=O)C(C)C)c(C(=O)OC)c2c1CC/C=C/CC2. The van der Waals surface area contributed by atoms with Crippen molar-refractivity contribution in [3.05, 3.63) is 45.5 Å². The molecule has 0 unspecified atom stereocenters. The lowest BCUT2D eigenvalue weighted by Gasteiger charge is -2.24. The highest BCUT2D eigenvalue weighted by molar-refractivity contribution is 6.11. The molecule has 0 atom stereocenters. The van der Waals surface area contributed by atoms with Gasteiger partial charge in [0, 0.05) is 11.5 Å². The van der Waals surface area contributed by atoms with E-state index in [4.69, 9.17) is 9.47 Å². The molecule has 0 N–H and O–H groups in total. The summed E-state index contributed by atoms with van der Waals surface area (Å²) in [5.41, 5.74) is 3.03. The molecule has 140 valence electrons. The van der Waals surface area contributed by atoms with Crippen molar-refractivity contribution < 1.29 is 23.9 Å². The molecule has 0 aromatic heterocycles. The van der Waals surface area contributed by atoms with Crippen molar-refractivity contribution in [1.82, 2.24) is 0 Å². The summed E-state index contributed by atoms with van der Waals surface area (Å²) in [6.45, 7) is 5.27. The number of rotatable bonds is 4. The molecule has 2 rings (SSSR count). The summed E-state index contributed by atoms with van der Waals surface area (Å²) in [6.07, 6.45) is 6.80. The molecule has 1 aliphatic carbocycles. The number of fused-ring (bicyclic) bond motifs is 1. The normalized spacial score (nSPS) is 14.8. The van der Waals surface area contributed by atoms with Crippen LogP contribution in [0.3, 0.4) is 0 Å². The second-order valence-corrected chi connectivity index (χ2v) is 6.76. The molecule has 0 radical (unpaired) electrons.